The first-order valence-electron chi connectivity index (χ1n) is 5.64. The van der Waals surface area contributed by atoms with Crippen molar-refractivity contribution in [3.8, 4) is 0 Å². The molecule has 2 aromatic rings. The summed E-state index contributed by atoms with van der Waals surface area (Å²) in [6.45, 7) is 0. The monoisotopic (exact) mass is 291 g/mol. The molecular weight excluding hydrogens is 281 g/mol. The number of halogens is 2. The number of para-hydroxylation sites is 1. The summed E-state index contributed by atoms with van der Waals surface area (Å²) < 4.78 is 0. The largest absolute Gasteiger partial charge is 0.321 e. The van der Waals surface area contributed by atoms with E-state index in [2.05, 4.69) is 5.32 Å². The van der Waals surface area contributed by atoms with Crippen molar-refractivity contribution in [1.29, 1.82) is 0 Å². The first kappa shape index (κ1) is 13.7. The van der Waals surface area contributed by atoms with Crippen LogP contribution in [0.15, 0.2) is 54.6 Å². The molecule has 0 atom stereocenters. The van der Waals surface area contributed by atoms with Gasteiger partial charge in [0.05, 0.1) is 10.7 Å². The first-order chi connectivity index (χ1) is 9.15. The van der Waals surface area contributed by atoms with Crippen LogP contribution in [0, 0.1) is 0 Å². The van der Waals surface area contributed by atoms with E-state index in [0.29, 0.717) is 15.7 Å². The van der Waals surface area contributed by atoms with Crippen molar-refractivity contribution in [2.75, 3.05) is 5.32 Å². The molecule has 0 fully saturated rings. The van der Waals surface area contributed by atoms with Crippen molar-refractivity contribution in [1.82, 2.24) is 0 Å². The molecule has 2 rings (SSSR count). The minimum Gasteiger partial charge on any atom is -0.321 e. The molecule has 0 radical (unpaired) electrons. The van der Waals surface area contributed by atoms with E-state index in [1.54, 1.807) is 36.4 Å². The number of carbonyl (C=O) groups excluding carboxylic acids is 1. The molecule has 0 bridgehead atoms. The van der Waals surface area contributed by atoms with Crippen LogP contribution in [0.5, 0.6) is 0 Å². The van der Waals surface area contributed by atoms with Gasteiger partial charge in [0.2, 0.25) is 5.91 Å². The summed E-state index contributed by atoms with van der Waals surface area (Å²) in [6.07, 6.45) is 3.13. The summed E-state index contributed by atoms with van der Waals surface area (Å²) in [5, 5.41) is 3.84. The highest BCUT2D eigenvalue weighted by Gasteiger charge is 2.01. The van der Waals surface area contributed by atoms with Crippen molar-refractivity contribution in [2.24, 2.45) is 0 Å². The van der Waals surface area contributed by atoms with Gasteiger partial charge in [0.1, 0.15) is 0 Å². The molecule has 0 aliphatic rings. The first-order valence-corrected chi connectivity index (χ1v) is 6.40. The lowest BCUT2D eigenvalue weighted by molar-refractivity contribution is -0.111. The molecular formula is C15H11Cl2NO. The number of carbonyl (C=O) groups is 1. The Morgan fingerprint density at radius 1 is 1.05 bits per heavy atom. The average Bonchev–Trinajstić information content (AvgIpc) is 2.39. The standard InChI is InChI=1S/C15H11Cl2NO/c16-12-5-3-4-11(10-12)8-9-15(19)18-14-7-2-1-6-13(14)17/h1-10H,(H,18,19)/b9-8+. The third-order valence-corrected chi connectivity index (χ3v) is 2.97. The molecule has 0 saturated carbocycles. The summed E-state index contributed by atoms with van der Waals surface area (Å²) in [5.74, 6) is -0.243. The lowest BCUT2D eigenvalue weighted by Crippen LogP contribution is -2.07. The normalized spacial score (nSPS) is 10.6. The van der Waals surface area contributed by atoms with Crippen LogP contribution < -0.4 is 5.32 Å². The summed E-state index contributed by atoms with van der Waals surface area (Å²) in [5.41, 5.74) is 1.45. The SMILES string of the molecule is O=C(/C=C/c1cccc(Cl)c1)Nc1ccccc1Cl. The van der Waals surface area contributed by atoms with Crippen molar-refractivity contribution >= 4 is 40.9 Å². The lowest BCUT2D eigenvalue weighted by Gasteiger charge is -2.03. The van der Waals surface area contributed by atoms with Crippen molar-refractivity contribution in [2.45, 2.75) is 0 Å². The van der Waals surface area contributed by atoms with Crippen LogP contribution in [-0.2, 0) is 4.79 Å². The Morgan fingerprint density at radius 3 is 2.58 bits per heavy atom. The zero-order valence-electron chi connectivity index (χ0n) is 9.94. The van der Waals surface area contributed by atoms with Crippen LogP contribution in [-0.4, -0.2) is 5.91 Å². The summed E-state index contributed by atoms with van der Waals surface area (Å²) in [7, 11) is 0. The van der Waals surface area contributed by atoms with E-state index in [0.717, 1.165) is 5.56 Å². The predicted octanol–water partition coefficient (Wildman–Crippen LogP) is 4.65. The average molecular weight is 292 g/mol. The zero-order valence-corrected chi connectivity index (χ0v) is 11.4. The summed E-state index contributed by atoms with van der Waals surface area (Å²) in [6, 6.07) is 14.3. The smallest absolute Gasteiger partial charge is 0.248 e. The zero-order chi connectivity index (χ0) is 13.7. The minimum absolute atomic E-state index is 0.243. The highest BCUT2D eigenvalue weighted by Crippen LogP contribution is 2.20. The summed E-state index contributed by atoms with van der Waals surface area (Å²) >= 11 is 11.8. The molecule has 0 saturated heterocycles. The maximum atomic E-state index is 11.7. The van der Waals surface area contributed by atoms with Gasteiger partial charge in [-0.2, -0.15) is 0 Å². The van der Waals surface area contributed by atoms with Crippen LogP contribution in [0.3, 0.4) is 0 Å². The fraction of sp³-hybridized carbons (Fsp3) is 0. The van der Waals surface area contributed by atoms with E-state index in [-0.39, 0.29) is 5.91 Å². The number of nitrogens with one attached hydrogen (secondary N) is 1. The molecule has 96 valence electrons. The van der Waals surface area contributed by atoms with Gasteiger partial charge in [0.15, 0.2) is 0 Å². The molecule has 2 aromatic carbocycles. The maximum Gasteiger partial charge on any atom is 0.248 e. The van der Waals surface area contributed by atoms with Gasteiger partial charge in [0.25, 0.3) is 0 Å². The Balaban J connectivity index is 2.04. The molecule has 0 aliphatic carbocycles. The lowest BCUT2D eigenvalue weighted by atomic mass is 10.2. The fourth-order valence-corrected chi connectivity index (χ4v) is 1.90. The molecule has 0 spiro atoms. The Labute approximate surface area is 121 Å². The van der Waals surface area contributed by atoms with Crippen molar-refractivity contribution in [3.05, 3.63) is 70.2 Å². The van der Waals surface area contributed by atoms with Gasteiger partial charge in [-0.25, -0.2) is 0 Å². The highest BCUT2D eigenvalue weighted by molar-refractivity contribution is 6.33. The van der Waals surface area contributed by atoms with Crippen LogP contribution in [0.2, 0.25) is 10.0 Å². The second-order valence-electron chi connectivity index (χ2n) is 3.86. The van der Waals surface area contributed by atoms with Crippen molar-refractivity contribution in [3.63, 3.8) is 0 Å². The maximum absolute atomic E-state index is 11.7. The highest BCUT2D eigenvalue weighted by atomic mass is 35.5. The Bertz CT molecular complexity index is 623. The van der Waals surface area contributed by atoms with E-state index in [4.69, 9.17) is 23.2 Å². The third kappa shape index (κ3) is 4.12. The number of hydrogen-bond donors (Lipinski definition) is 1. The number of amides is 1. The molecule has 0 aliphatic heterocycles. The van der Waals surface area contributed by atoms with Crippen LogP contribution >= 0.6 is 23.2 Å². The molecule has 0 unspecified atom stereocenters. The third-order valence-electron chi connectivity index (χ3n) is 2.41. The van der Waals surface area contributed by atoms with Crippen LogP contribution in [0.25, 0.3) is 6.08 Å². The number of hydrogen-bond acceptors (Lipinski definition) is 1. The van der Waals surface area contributed by atoms with Gasteiger partial charge in [-0.15, -0.1) is 0 Å². The molecule has 0 aromatic heterocycles. The second kappa shape index (κ2) is 6.41. The Kier molecular flexibility index (Phi) is 4.61. The topological polar surface area (TPSA) is 29.1 Å². The van der Waals surface area contributed by atoms with E-state index in [1.807, 2.05) is 18.2 Å². The molecule has 4 heteroatoms. The van der Waals surface area contributed by atoms with Crippen LogP contribution in [0.4, 0.5) is 5.69 Å². The van der Waals surface area contributed by atoms with E-state index < -0.39 is 0 Å². The second-order valence-corrected chi connectivity index (χ2v) is 4.70. The minimum atomic E-state index is -0.243. The quantitative estimate of drug-likeness (QED) is 0.820. The van der Waals surface area contributed by atoms with E-state index >= 15 is 0 Å². The Hall–Kier alpha value is -1.77. The fourth-order valence-electron chi connectivity index (χ4n) is 1.52. The van der Waals surface area contributed by atoms with Crippen molar-refractivity contribution < 1.29 is 4.79 Å². The van der Waals surface area contributed by atoms with Gasteiger partial charge in [0, 0.05) is 11.1 Å². The number of benzene rings is 2. The predicted molar refractivity (Wildman–Crippen MR) is 80.6 cm³/mol. The van der Waals surface area contributed by atoms with Gasteiger partial charge in [-0.1, -0.05) is 47.5 Å². The molecule has 2 nitrogen and oxygen atoms in total. The van der Waals surface area contributed by atoms with E-state index in [9.17, 15) is 4.79 Å². The molecule has 19 heavy (non-hydrogen) atoms. The van der Waals surface area contributed by atoms with Crippen LogP contribution in [0.1, 0.15) is 5.56 Å². The molecule has 1 N–H and O–H groups in total. The number of anilines is 1. The van der Waals surface area contributed by atoms with E-state index in [1.165, 1.54) is 6.08 Å². The van der Waals surface area contributed by atoms with Gasteiger partial charge < -0.3 is 5.32 Å². The summed E-state index contributed by atoms with van der Waals surface area (Å²) in [4.78, 5) is 11.7. The van der Waals surface area contributed by atoms with Gasteiger partial charge in [-0.05, 0) is 35.9 Å². The van der Waals surface area contributed by atoms with Gasteiger partial charge >= 0.3 is 0 Å². The Morgan fingerprint density at radius 2 is 1.84 bits per heavy atom. The number of rotatable bonds is 3. The van der Waals surface area contributed by atoms with Gasteiger partial charge in [-0.3, -0.25) is 4.79 Å². The molecule has 1 amide bonds. The molecule has 0 heterocycles.